The highest BCUT2D eigenvalue weighted by molar-refractivity contribution is 4.80. The molecule has 3 fully saturated rings. The lowest BCUT2D eigenvalue weighted by Gasteiger charge is -2.36. The van der Waals surface area contributed by atoms with Gasteiger partial charge in [-0.15, -0.1) is 0 Å². The third-order valence-electron chi connectivity index (χ3n) is 7.09. The first-order chi connectivity index (χ1) is 10.5. The highest BCUT2D eigenvalue weighted by Gasteiger charge is 2.28. The van der Waals surface area contributed by atoms with Crippen molar-refractivity contribution < 1.29 is 8.33 Å². The second-order valence-corrected chi connectivity index (χ2v) is 9.40. The molecule has 0 radical (unpaired) electrons. The van der Waals surface area contributed by atoms with E-state index >= 15 is 0 Å². The molecule has 0 bridgehead atoms. The Labute approximate surface area is 149 Å². The SMILES string of the molecule is CC1CCC(C)CC1.CC1CCC(C2CCC(C)CC2)CC1.O.[HH].[HH]. The zero-order valence-electron chi connectivity index (χ0n) is 16.4. The summed E-state index contributed by atoms with van der Waals surface area (Å²) in [6.07, 6.45) is 18.1. The summed E-state index contributed by atoms with van der Waals surface area (Å²) >= 11 is 0. The van der Waals surface area contributed by atoms with Crippen molar-refractivity contribution in [2.75, 3.05) is 0 Å². The van der Waals surface area contributed by atoms with Crippen molar-refractivity contribution in [3.8, 4) is 0 Å². The van der Waals surface area contributed by atoms with Gasteiger partial charge in [-0.05, 0) is 61.2 Å². The van der Waals surface area contributed by atoms with Crippen molar-refractivity contribution >= 4 is 0 Å². The fourth-order valence-electron chi connectivity index (χ4n) is 4.94. The molecule has 0 aromatic heterocycles. The summed E-state index contributed by atoms with van der Waals surface area (Å²) in [6, 6.07) is 0. The van der Waals surface area contributed by atoms with Crippen LogP contribution in [-0.2, 0) is 0 Å². The van der Waals surface area contributed by atoms with E-state index in [0.717, 1.165) is 35.5 Å². The highest BCUT2D eigenvalue weighted by atomic mass is 16.0. The molecule has 0 aliphatic heterocycles. The van der Waals surface area contributed by atoms with Crippen LogP contribution in [0.25, 0.3) is 0 Å². The summed E-state index contributed by atoms with van der Waals surface area (Å²) in [5, 5.41) is 0. The van der Waals surface area contributed by atoms with Gasteiger partial charge in [-0.1, -0.05) is 79.1 Å². The normalized spacial score (nSPS) is 41.2. The van der Waals surface area contributed by atoms with Crippen molar-refractivity contribution in [3.63, 3.8) is 0 Å². The summed E-state index contributed by atoms with van der Waals surface area (Å²) in [6.45, 7) is 9.59. The molecule has 3 aliphatic rings. The average molecular weight is 329 g/mol. The molecule has 0 aromatic rings. The van der Waals surface area contributed by atoms with Crippen LogP contribution in [-0.4, -0.2) is 5.48 Å². The lowest BCUT2D eigenvalue weighted by molar-refractivity contribution is 0.155. The number of rotatable bonds is 1. The molecule has 0 spiro atoms. The molecule has 0 atom stereocenters. The molecule has 2 N–H and O–H groups in total. The van der Waals surface area contributed by atoms with Crippen LogP contribution in [0.1, 0.15) is 108 Å². The molecule has 3 rings (SSSR count). The maximum atomic E-state index is 2.43. The molecule has 3 aliphatic carbocycles. The van der Waals surface area contributed by atoms with Crippen LogP contribution in [0.3, 0.4) is 0 Å². The van der Waals surface area contributed by atoms with Gasteiger partial charge >= 0.3 is 0 Å². The predicted octanol–water partition coefficient (Wildman–Crippen LogP) is 7.14. The van der Waals surface area contributed by atoms with E-state index < -0.39 is 0 Å². The third kappa shape index (κ3) is 7.59. The molecular formula is C22H48O. The molecule has 1 heteroatoms. The molecule has 1 nitrogen and oxygen atoms in total. The Hall–Kier alpha value is -0.0400. The van der Waals surface area contributed by atoms with Crippen LogP contribution >= 0.6 is 0 Å². The molecule has 0 heterocycles. The van der Waals surface area contributed by atoms with Crippen LogP contribution in [0.5, 0.6) is 0 Å². The Morgan fingerprint density at radius 1 is 0.391 bits per heavy atom. The second kappa shape index (κ2) is 10.7. The standard InChI is InChI=1S/C14H26.C8H16.H2O.2H2/c1-11-3-7-13(8-4-11)14-9-5-12(2)6-10-14;1-7-3-5-8(2)6-4-7;;;/h11-14H,3-10H2,1-2H3;7-8H,3-6H2,1-2H3;1H2;2*1H. The molecule has 0 saturated heterocycles. The van der Waals surface area contributed by atoms with Crippen molar-refractivity contribution in [3.05, 3.63) is 0 Å². The average Bonchev–Trinajstić information content (AvgIpc) is 2.53. The highest BCUT2D eigenvalue weighted by Crippen LogP contribution is 2.40. The first-order valence-electron chi connectivity index (χ1n) is 10.5. The Morgan fingerprint density at radius 2 is 0.565 bits per heavy atom. The molecule has 142 valence electrons. The molecule has 0 unspecified atom stereocenters. The van der Waals surface area contributed by atoms with Crippen molar-refractivity contribution in [1.29, 1.82) is 0 Å². The van der Waals surface area contributed by atoms with Crippen molar-refractivity contribution in [2.45, 2.75) is 105 Å². The zero-order chi connectivity index (χ0) is 15.9. The Morgan fingerprint density at radius 3 is 0.783 bits per heavy atom. The van der Waals surface area contributed by atoms with Crippen molar-refractivity contribution in [2.24, 2.45) is 35.5 Å². The van der Waals surface area contributed by atoms with Gasteiger partial charge in [0.15, 0.2) is 0 Å². The summed E-state index contributed by atoms with van der Waals surface area (Å²) in [5.41, 5.74) is 0. The van der Waals surface area contributed by atoms with E-state index in [1.807, 2.05) is 0 Å². The van der Waals surface area contributed by atoms with Gasteiger partial charge in [0.1, 0.15) is 0 Å². The fourth-order valence-corrected chi connectivity index (χ4v) is 4.94. The van der Waals surface area contributed by atoms with Gasteiger partial charge < -0.3 is 5.48 Å². The summed E-state index contributed by atoms with van der Waals surface area (Å²) in [4.78, 5) is 0. The maximum absolute atomic E-state index is 2.43. The van der Waals surface area contributed by atoms with E-state index in [4.69, 9.17) is 0 Å². The molecule has 0 amide bonds. The minimum absolute atomic E-state index is 0. The topological polar surface area (TPSA) is 31.5 Å². The molecule has 3 saturated carbocycles. The molecule has 23 heavy (non-hydrogen) atoms. The van der Waals surface area contributed by atoms with E-state index in [2.05, 4.69) is 27.7 Å². The summed E-state index contributed by atoms with van der Waals surface area (Å²) < 4.78 is 0. The van der Waals surface area contributed by atoms with Crippen molar-refractivity contribution in [1.82, 2.24) is 0 Å². The Balaban J connectivity index is 0. The van der Waals surface area contributed by atoms with E-state index in [1.165, 1.54) is 51.4 Å². The lowest BCUT2D eigenvalue weighted by Crippen LogP contribution is -2.24. The van der Waals surface area contributed by atoms with E-state index in [1.54, 1.807) is 25.7 Å². The van der Waals surface area contributed by atoms with Gasteiger partial charge in [0.05, 0.1) is 0 Å². The van der Waals surface area contributed by atoms with E-state index in [9.17, 15) is 0 Å². The summed E-state index contributed by atoms with van der Waals surface area (Å²) in [5.74, 6) is 6.30. The smallest absolute Gasteiger partial charge is 0 e. The fraction of sp³-hybridized carbons (Fsp3) is 1.00. The van der Waals surface area contributed by atoms with Gasteiger partial charge in [-0.3, -0.25) is 0 Å². The molecule has 0 aromatic carbocycles. The van der Waals surface area contributed by atoms with Gasteiger partial charge in [0.2, 0.25) is 0 Å². The predicted molar refractivity (Wildman–Crippen MR) is 107 cm³/mol. The van der Waals surface area contributed by atoms with Crippen LogP contribution in [0.4, 0.5) is 0 Å². The van der Waals surface area contributed by atoms with E-state index in [-0.39, 0.29) is 8.33 Å². The van der Waals surface area contributed by atoms with Crippen LogP contribution < -0.4 is 0 Å². The van der Waals surface area contributed by atoms with Gasteiger partial charge in [-0.25, -0.2) is 0 Å². The number of hydrogen-bond donors (Lipinski definition) is 0. The first kappa shape index (κ1) is 21.0. The van der Waals surface area contributed by atoms with Crippen LogP contribution in [0.15, 0.2) is 0 Å². The Kier molecular flexibility index (Phi) is 9.82. The molecular weight excluding hydrogens is 280 g/mol. The van der Waals surface area contributed by atoms with Gasteiger partial charge in [-0.2, -0.15) is 0 Å². The van der Waals surface area contributed by atoms with Gasteiger partial charge in [0, 0.05) is 2.85 Å². The second-order valence-electron chi connectivity index (χ2n) is 9.40. The van der Waals surface area contributed by atoms with Crippen LogP contribution in [0.2, 0.25) is 0 Å². The Bertz CT molecular complexity index is 256. The first-order valence-corrected chi connectivity index (χ1v) is 10.5. The van der Waals surface area contributed by atoms with Crippen LogP contribution in [0, 0.1) is 35.5 Å². The maximum Gasteiger partial charge on any atom is 0 e. The third-order valence-corrected chi connectivity index (χ3v) is 7.09. The summed E-state index contributed by atoms with van der Waals surface area (Å²) in [7, 11) is 0. The quantitative estimate of drug-likeness (QED) is 0.490. The number of hydrogen-bond acceptors (Lipinski definition) is 0. The van der Waals surface area contributed by atoms with Gasteiger partial charge in [0.25, 0.3) is 0 Å². The lowest BCUT2D eigenvalue weighted by atomic mass is 9.70. The largest absolute Gasteiger partial charge is 0.412 e. The van der Waals surface area contributed by atoms with E-state index in [0.29, 0.717) is 0 Å². The minimum Gasteiger partial charge on any atom is -0.412 e. The monoisotopic (exact) mass is 328 g/mol. The minimum atomic E-state index is 0. The zero-order valence-corrected chi connectivity index (χ0v) is 16.4.